The van der Waals surface area contributed by atoms with Gasteiger partial charge in [0.15, 0.2) is 12.6 Å². The van der Waals surface area contributed by atoms with Gasteiger partial charge in [-0.1, -0.05) is 39.0 Å². The highest BCUT2D eigenvalue weighted by Crippen LogP contribution is 2.23. The smallest absolute Gasteiger partial charge is 0.153 e. The van der Waals surface area contributed by atoms with E-state index in [0.717, 1.165) is 24.8 Å². The highest BCUT2D eigenvalue weighted by molar-refractivity contribution is 5.88. The van der Waals surface area contributed by atoms with E-state index in [1.807, 2.05) is 0 Å². The van der Waals surface area contributed by atoms with E-state index in [-0.39, 0.29) is 16.9 Å². The van der Waals surface area contributed by atoms with Gasteiger partial charge in [0.05, 0.1) is 11.1 Å². The Labute approximate surface area is 114 Å². The van der Waals surface area contributed by atoms with E-state index in [0.29, 0.717) is 12.6 Å². The molecule has 1 N–H and O–H groups in total. The zero-order valence-corrected chi connectivity index (χ0v) is 11.5. The van der Waals surface area contributed by atoms with Crippen molar-refractivity contribution in [2.45, 2.75) is 51.9 Å². The van der Waals surface area contributed by atoms with Gasteiger partial charge in [-0.05, 0) is 30.5 Å². The first-order valence-electron chi connectivity index (χ1n) is 6.99. The molecular formula is C16H22O3. The minimum Gasteiger partial charge on any atom is -0.506 e. The lowest BCUT2D eigenvalue weighted by Gasteiger charge is -2.06. The highest BCUT2D eigenvalue weighted by atomic mass is 16.3. The summed E-state index contributed by atoms with van der Waals surface area (Å²) in [4.78, 5) is 21.6. The van der Waals surface area contributed by atoms with Crippen LogP contribution in [0.4, 0.5) is 0 Å². The maximum atomic E-state index is 10.8. The van der Waals surface area contributed by atoms with Crippen LogP contribution in [0.25, 0.3) is 0 Å². The molecule has 0 aliphatic heterocycles. The van der Waals surface area contributed by atoms with Crippen molar-refractivity contribution in [3.8, 4) is 5.75 Å². The molecule has 0 amide bonds. The summed E-state index contributed by atoms with van der Waals surface area (Å²) in [6.45, 7) is 2.19. The number of aldehydes is 2. The van der Waals surface area contributed by atoms with Crippen LogP contribution in [0, 0.1) is 0 Å². The van der Waals surface area contributed by atoms with E-state index < -0.39 is 0 Å². The van der Waals surface area contributed by atoms with Crippen LogP contribution in [0.2, 0.25) is 0 Å². The van der Waals surface area contributed by atoms with Gasteiger partial charge < -0.3 is 5.11 Å². The van der Waals surface area contributed by atoms with Crippen molar-refractivity contribution < 1.29 is 14.7 Å². The Kier molecular flexibility index (Phi) is 6.86. The minimum atomic E-state index is -0.211. The number of carbonyl (C=O) groups is 2. The van der Waals surface area contributed by atoms with Gasteiger partial charge in [-0.15, -0.1) is 0 Å². The summed E-state index contributed by atoms with van der Waals surface area (Å²) in [6, 6.07) is 3.34. The summed E-state index contributed by atoms with van der Waals surface area (Å²) in [5.41, 5.74) is 1.34. The predicted molar refractivity (Wildman–Crippen MR) is 76.0 cm³/mol. The second-order valence-corrected chi connectivity index (χ2v) is 4.88. The first kappa shape index (κ1) is 15.4. The molecule has 104 valence electrons. The molecule has 19 heavy (non-hydrogen) atoms. The fourth-order valence-corrected chi connectivity index (χ4v) is 2.18. The molecule has 0 fully saturated rings. The van der Waals surface area contributed by atoms with E-state index in [4.69, 9.17) is 0 Å². The summed E-state index contributed by atoms with van der Waals surface area (Å²) in [6.07, 6.45) is 9.25. The number of aromatic hydroxyl groups is 1. The fourth-order valence-electron chi connectivity index (χ4n) is 2.18. The van der Waals surface area contributed by atoms with Gasteiger partial charge >= 0.3 is 0 Å². The van der Waals surface area contributed by atoms with Crippen LogP contribution in [0.1, 0.15) is 71.7 Å². The van der Waals surface area contributed by atoms with Crippen molar-refractivity contribution in [1.82, 2.24) is 0 Å². The second-order valence-electron chi connectivity index (χ2n) is 4.88. The molecule has 0 aliphatic carbocycles. The van der Waals surface area contributed by atoms with Crippen LogP contribution in [0.3, 0.4) is 0 Å². The summed E-state index contributed by atoms with van der Waals surface area (Å²) < 4.78 is 0. The number of aryl methyl sites for hydroxylation is 1. The summed E-state index contributed by atoms with van der Waals surface area (Å²) in [7, 11) is 0. The molecule has 0 spiro atoms. The largest absolute Gasteiger partial charge is 0.506 e. The average molecular weight is 262 g/mol. The van der Waals surface area contributed by atoms with Crippen LogP contribution in [-0.2, 0) is 6.42 Å². The molecule has 0 atom stereocenters. The maximum absolute atomic E-state index is 10.8. The van der Waals surface area contributed by atoms with Gasteiger partial charge in [-0.3, -0.25) is 9.59 Å². The van der Waals surface area contributed by atoms with Crippen LogP contribution in [0.5, 0.6) is 5.75 Å². The molecular weight excluding hydrogens is 240 g/mol. The Balaban J connectivity index is 2.54. The molecule has 3 nitrogen and oxygen atoms in total. The predicted octanol–water partition coefficient (Wildman–Crippen LogP) is 3.92. The molecule has 0 aromatic heterocycles. The van der Waals surface area contributed by atoms with E-state index in [1.165, 1.54) is 25.7 Å². The Bertz CT molecular complexity index is 395. The van der Waals surface area contributed by atoms with Crippen molar-refractivity contribution in [2.75, 3.05) is 0 Å². The number of hydrogen-bond acceptors (Lipinski definition) is 3. The van der Waals surface area contributed by atoms with Crippen LogP contribution in [-0.4, -0.2) is 17.7 Å². The zero-order chi connectivity index (χ0) is 14.1. The highest BCUT2D eigenvalue weighted by Gasteiger charge is 2.08. The van der Waals surface area contributed by atoms with Gasteiger partial charge in [-0.25, -0.2) is 0 Å². The SMILES string of the molecule is CCCCCCCCc1cc(C=O)c(O)c(C=O)c1. The minimum absolute atomic E-state index is 0.200. The third kappa shape index (κ3) is 4.86. The Morgan fingerprint density at radius 1 is 0.947 bits per heavy atom. The van der Waals surface area contributed by atoms with Gasteiger partial charge in [0.1, 0.15) is 5.75 Å². The standard InChI is InChI=1S/C16H22O3/c1-2-3-4-5-6-7-8-13-9-14(11-17)16(19)15(10-13)12-18/h9-12,19H,2-8H2,1H3. The maximum Gasteiger partial charge on any atom is 0.153 e. The van der Waals surface area contributed by atoms with Crippen LogP contribution in [0.15, 0.2) is 12.1 Å². The number of phenolic OH excluding ortho intramolecular Hbond substituents is 1. The molecule has 0 unspecified atom stereocenters. The molecule has 0 heterocycles. The number of benzene rings is 1. The van der Waals surface area contributed by atoms with Crippen molar-refractivity contribution in [1.29, 1.82) is 0 Å². The van der Waals surface area contributed by atoms with Gasteiger partial charge in [0.25, 0.3) is 0 Å². The monoisotopic (exact) mass is 262 g/mol. The summed E-state index contributed by atoms with van der Waals surface area (Å²) in [5, 5.41) is 9.62. The van der Waals surface area contributed by atoms with Gasteiger partial charge in [0, 0.05) is 0 Å². The zero-order valence-electron chi connectivity index (χ0n) is 11.5. The third-order valence-electron chi connectivity index (χ3n) is 3.30. The van der Waals surface area contributed by atoms with Gasteiger partial charge in [0.2, 0.25) is 0 Å². The average Bonchev–Trinajstić information content (AvgIpc) is 2.44. The molecule has 0 bridgehead atoms. The Morgan fingerprint density at radius 2 is 1.47 bits per heavy atom. The Morgan fingerprint density at radius 3 is 2.00 bits per heavy atom. The summed E-state index contributed by atoms with van der Waals surface area (Å²) in [5.74, 6) is -0.211. The molecule has 0 radical (unpaired) electrons. The molecule has 0 saturated carbocycles. The normalized spacial score (nSPS) is 10.4. The molecule has 0 aliphatic rings. The number of phenols is 1. The Hall–Kier alpha value is -1.64. The molecule has 0 saturated heterocycles. The van der Waals surface area contributed by atoms with Crippen molar-refractivity contribution in [3.63, 3.8) is 0 Å². The van der Waals surface area contributed by atoms with Crippen LogP contribution >= 0.6 is 0 Å². The fraction of sp³-hybridized carbons (Fsp3) is 0.500. The number of carbonyl (C=O) groups excluding carboxylic acids is 2. The number of hydrogen-bond donors (Lipinski definition) is 1. The van der Waals surface area contributed by atoms with Crippen molar-refractivity contribution in [2.24, 2.45) is 0 Å². The van der Waals surface area contributed by atoms with E-state index in [9.17, 15) is 14.7 Å². The van der Waals surface area contributed by atoms with Crippen LogP contribution < -0.4 is 0 Å². The topological polar surface area (TPSA) is 54.4 Å². The number of unbranched alkanes of at least 4 members (excludes halogenated alkanes) is 5. The van der Waals surface area contributed by atoms with Crippen molar-refractivity contribution >= 4 is 12.6 Å². The number of rotatable bonds is 9. The summed E-state index contributed by atoms with van der Waals surface area (Å²) >= 11 is 0. The first-order chi connectivity index (χ1) is 9.22. The van der Waals surface area contributed by atoms with E-state index in [1.54, 1.807) is 12.1 Å². The first-order valence-corrected chi connectivity index (χ1v) is 6.99. The lowest BCUT2D eigenvalue weighted by molar-refractivity contribution is 0.112. The van der Waals surface area contributed by atoms with Gasteiger partial charge in [-0.2, -0.15) is 0 Å². The molecule has 3 heteroatoms. The molecule has 1 rings (SSSR count). The lowest BCUT2D eigenvalue weighted by atomic mass is 10.00. The van der Waals surface area contributed by atoms with Crippen molar-refractivity contribution in [3.05, 3.63) is 28.8 Å². The quantitative estimate of drug-likeness (QED) is 0.542. The molecule has 1 aromatic carbocycles. The van der Waals surface area contributed by atoms with E-state index in [2.05, 4.69) is 6.92 Å². The lowest BCUT2D eigenvalue weighted by Crippen LogP contribution is -1.94. The van der Waals surface area contributed by atoms with E-state index >= 15 is 0 Å². The molecule has 1 aromatic rings. The second kappa shape index (κ2) is 8.46. The third-order valence-corrected chi connectivity index (χ3v) is 3.30.